The maximum Gasteiger partial charge on any atom is 0.296 e. The Bertz CT molecular complexity index is 1330. The molecule has 9 nitrogen and oxygen atoms in total. The third-order valence-electron chi connectivity index (χ3n) is 6.07. The minimum atomic E-state index is -0.895. The van der Waals surface area contributed by atoms with Crippen LogP contribution in [0.25, 0.3) is 5.76 Å². The Morgan fingerprint density at radius 3 is 2.58 bits per heavy atom. The molecule has 0 radical (unpaired) electrons. The third kappa shape index (κ3) is 4.13. The van der Waals surface area contributed by atoms with Crippen molar-refractivity contribution in [1.82, 2.24) is 4.90 Å². The van der Waals surface area contributed by atoms with Gasteiger partial charge in [-0.3, -0.25) is 9.59 Å². The average Bonchev–Trinajstić information content (AvgIpc) is 3.51. The van der Waals surface area contributed by atoms with Crippen LogP contribution in [0, 0.1) is 0 Å². The van der Waals surface area contributed by atoms with Crippen LogP contribution in [0.4, 0.5) is 0 Å². The van der Waals surface area contributed by atoms with Crippen molar-refractivity contribution < 1.29 is 38.1 Å². The van der Waals surface area contributed by atoms with Crippen molar-refractivity contribution in [3.63, 3.8) is 0 Å². The predicted molar refractivity (Wildman–Crippen MR) is 128 cm³/mol. The molecule has 186 valence electrons. The molecule has 1 unspecified atom stereocenters. The van der Waals surface area contributed by atoms with Crippen molar-refractivity contribution in [2.24, 2.45) is 0 Å². The summed E-state index contributed by atoms with van der Waals surface area (Å²) < 4.78 is 27.7. The molecular weight excluding hydrogens is 466 g/mol. The van der Waals surface area contributed by atoms with Crippen LogP contribution < -0.4 is 18.9 Å². The standard InChI is InChI=1S/C27H25NO8/c1-3-33-19-8-6-16(13-21(19)32-2)24-23(26(30)27(31)28(24)15-18-5-4-10-34-18)25(29)17-7-9-20-22(14-17)36-12-11-35-20/h4-10,13-14,24,29H,3,11-12,15H2,1-2H3/b25-23+. The summed E-state index contributed by atoms with van der Waals surface area (Å²) >= 11 is 0. The number of hydrogen-bond donors (Lipinski definition) is 1. The van der Waals surface area contributed by atoms with Gasteiger partial charge in [0.2, 0.25) is 0 Å². The summed E-state index contributed by atoms with van der Waals surface area (Å²) in [7, 11) is 1.51. The summed E-state index contributed by atoms with van der Waals surface area (Å²) in [6.07, 6.45) is 1.50. The number of methoxy groups -OCH3 is 1. The van der Waals surface area contributed by atoms with E-state index in [4.69, 9.17) is 23.4 Å². The number of rotatable bonds is 7. The number of benzene rings is 2. The fourth-order valence-electron chi connectivity index (χ4n) is 4.44. The second-order valence-corrected chi connectivity index (χ2v) is 8.21. The van der Waals surface area contributed by atoms with E-state index in [-0.39, 0.29) is 17.9 Å². The zero-order valence-corrected chi connectivity index (χ0v) is 19.9. The van der Waals surface area contributed by atoms with E-state index in [0.29, 0.717) is 59.7 Å². The number of ketones is 1. The number of furan rings is 1. The SMILES string of the molecule is CCOc1ccc(C2/C(=C(\O)c3ccc4c(c3)OCCO4)C(=O)C(=O)N2Cc2ccco2)cc1OC. The van der Waals surface area contributed by atoms with Crippen molar-refractivity contribution in [2.75, 3.05) is 26.9 Å². The third-order valence-corrected chi connectivity index (χ3v) is 6.07. The van der Waals surface area contributed by atoms with Gasteiger partial charge in [0.1, 0.15) is 24.7 Å². The molecule has 1 fully saturated rings. The lowest BCUT2D eigenvalue weighted by Gasteiger charge is -2.25. The first kappa shape index (κ1) is 23.3. The summed E-state index contributed by atoms with van der Waals surface area (Å²) in [6, 6.07) is 12.6. The minimum Gasteiger partial charge on any atom is -0.507 e. The van der Waals surface area contributed by atoms with Gasteiger partial charge in [-0.05, 0) is 55.0 Å². The van der Waals surface area contributed by atoms with Gasteiger partial charge in [-0.15, -0.1) is 0 Å². The lowest BCUT2D eigenvalue weighted by Crippen LogP contribution is -2.29. The van der Waals surface area contributed by atoms with Crippen molar-refractivity contribution in [3.05, 3.63) is 77.3 Å². The van der Waals surface area contributed by atoms with Crippen LogP contribution >= 0.6 is 0 Å². The molecule has 1 N–H and O–H groups in total. The number of nitrogens with zero attached hydrogens (tertiary/aromatic N) is 1. The predicted octanol–water partition coefficient (Wildman–Crippen LogP) is 4.08. The molecule has 3 aromatic rings. The van der Waals surface area contributed by atoms with Crippen LogP contribution in [0.2, 0.25) is 0 Å². The van der Waals surface area contributed by atoms with Gasteiger partial charge in [0.15, 0.2) is 23.0 Å². The zero-order valence-electron chi connectivity index (χ0n) is 19.9. The Hall–Kier alpha value is -4.40. The highest BCUT2D eigenvalue weighted by Gasteiger charge is 2.46. The molecule has 1 amide bonds. The van der Waals surface area contributed by atoms with Gasteiger partial charge in [-0.1, -0.05) is 6.07 Å². The number of likely N-dealkylation sites (tertiary alicyclic amines) is 1. The molecule has 9 heteroatoms. The summed E-state index contributed by atoms with van der Waals surface area (Å²) in [5.74, 6) is 0.605. The number of ether oxygens (including phenoxy) is 4. The number of carbonyl (C=O) groups excluding carboxylic acids is 2. The van der Waals surface area contributed by atoms with Crippen LogP contribution in [-0.2, 0) is 16.1 Å². The molecule has 3 heterocycles. The highest BCUT2D eigenvalue weighted by Crippen LogP contribution is 2.43. The van der Waals surface area contributed by atoms with E-state index < -0.39 is 17.7 Å². The fraction of sp³-hybridized carbons (Fsp3) is 0.259. The molecule has 36 heavy (non-hydrogen) atoms. The van der Waals surface area contributed by atoms with E-state index in [9.17, 15) is 14.7 Å². The number of amides is 1. The van der Waals surface area contributed by atoms with Crippen LogP contribution in [0.3, 0.4) is 0 Å². The molecule has 0 bridgehead atoms. The van der Waals surface area contributed by atoms with E-state index in [1.807, 2.05) is 6.92 Å². The second-order valence-electron chi connectivity index (χ2n) is 8.21. The van der Waals surface area contributed by atoms with Crippen molar-refractivity contribution in [1.29, 1.82) is 0 Å². The summed E-state index contributed by atoms with van der Waals surface area (Å²) in [4.78, 5) is 27.9. The zero-order chi connectivity index (χ0) is 25.2. The Kier molecular flexibility index (Phi) is 6.28. The fourth-order valence-corrected chi connectivity index (χ4v) is 4.44. The molecule has 1 atom stereocenters. The quantitative estimate of drug-likeness (QED) is 0.299. The number of hydrogen-bond acceptors (Lipinski definition) is 8. The minimum absolute atomic E-state index is 0.0374. The molecule has 2 aliphatic rings. The van der Waals surface area contributed by atoms with Crippen LogP contribution in [0.5, 0.6) is 23.0 Å². The van der Waals surface area contributed by atoms with E-state index in [2.05, 4.69) is 0 Å². The van der Waals surface area contributed by atoms with E-state index in [0.717, 1.165) is 0 Å². The van der Waals surface area contributed by atoms with Crippen molar-refractivity contribution >= 4 is 17.4 Å². The second kappa shape index (κ2) is 9.69. The monoisotopic (exact) mass is 491 g/mol. The van der Waals surface area contributed by atoms with Gasteiger partial charge in [0.25, 0.3) is 11.7 Å². The van der Waals surface area contributed by atoms with Gasteiger partial charge in [-0.2, -0.15) is 0 Å². The summed E-state index contributed by atoms with van der Waals surface area (Å²) in [6.45, 7) is 3.14. The maximum absolute atomic E-state index is 13.3. The van der Waals surface area contributed by atoms with Gasteiger partial charge >= 0.3 is 0 Å². The summed E-state index contributed by atoms with van der Waals surface area (Å²) in [5, 5.41) is 11.4. The van der Waals surface area contributed by atoms with Gasteiger partial charge in [0, 0.05) is 5.56 Å². The number of aliphatic hydroxyl groups excluding tert-OH is 1. The molecule has 0 aliphatic carbocycles. The Morgan fingerprint density at radius 2 is 1.86 bits per heavy atom. The topological polar surface area (TPSA) is 108 Å². The Balaban J connectivity index is 1.64. The van der Waals surface area contributed by atoms with Gasteiger partial charge < -0.3 is 33.4 Å². The average molecular weight is 491 g/mol. The highest BCUT2D eigenvalue weighted by atomic mass is 16.6. The first-order chi connectivity index (χ1) is 17.5. The molecule has 1 aromatic heterocycles. The number of aliphatic hydroxyl groups is 1. The number of fused-ring (bicyclic) bond motifs is 1. The van der Waals surface area contributed by atoms with Crippen molar-refractivity contribution in [3.8, 4) is 23.0 Å². The lowest BCUT2D eigenvalue weighted by atomic mass is 9.94. The molecule has 2 aromatic carbocycles. The van der Waals surface area contributed by atoms with Gasteiger partial charge in [0.05, 0.1) is 38.1 Å². The molecule has 0 spiro atoms. The highest BCUT2D eigenvalue weighted by molar-refractivity contribution is 6.46. The molecule has 0 saturated carbocycles. The first-order valence-corrected chi connectivity index (χ1v) is 11.5. The number of carbonyl (C=O) groups is 2. The van der Waals surface area contributed by atoms with Crippen LogP contribution in [0.15, 0.2) is 64.8 Å². The van der Waals surface area contributed by atoms with Crippen molar-refractivity contribution in [2.45, 2.75) is 19.5 Å². The van der Waals surface area contributed by atoms with Crippen LogP contribution in [0.1, 0.15) is 29.9 Å². The van der Waals surface area contributed by atoms with E-state index >= 15 is 0 Å². The normalized spacial score (nSPS) is 18.4. The maximum atomic E-state index is 13.3. The van der Waals surface area contributed by atoms with Gasteiger partial charge in [-0.25, -0.2) is 0 Å². The summed E-state index contributed by atoms with van der Waals surface area (Å²) in [5.41, 5.74) is 0.854. The molecule has 1 saturated heterocycles. The Morgan fingerprint density at radius 1 is 1.06 bits per heavy atom. The van der Waals surface area contributed by atoms with E-state index in [1.54, 1.807) is 48.5 Å². The first-order valence-electron chi connectivity index (χ1n) is 11.5. The molecular formula is C27H25NO8. The largest absolute Gasteiger partial charge is 0.507 e. The van der Waals surface area contributed by atoms with E-state index in [1.165, 1.54) is 18.3 Å². The smallest absolute Gasteiger partial charge is 0.296 e. The number of Topliss-reactive ketones (excluding diaryl/α,β-unsaturated/α-hetero) is 1. The molecule has 5 rings (SSSR count). The Labute approximate surface area is 207 Å². The van der Waals surface area contributed by atoms with Crippen LogP contribution in [-0.4, -0.2) is 48.6 Å². The lowest BCUT2D eigenvalue weighted by molar-refractivity contribution is -0.140. The molecule has 2 aliphatic heterocycles.